The lowest BCUT2D eigenvalue weighted by Gasteiger charge is -2.13. The molecule has 2 heterocycles. The summed E-state index contributed by atoms with van der Waals surface area (Å²) in [5.41, 5.74) is 7.17. The molecule has 0 aliphatic heterocycles. The summed E-state index contributed by atoms with van der Waals surface area (Å²) >= 11 is 0. The molecule has 2 aromatic carbocycles. The zero-order chi connectivity index (χ0) is 23.8. The topological polar surface area (TPSA) is 116 Å². The number of nitrogens with zero attached hydrogens (tertiary/aromatic N) is 6. The monoisotopic (exact) mass is 456 g/mol. The molecule has 1 aliphatic carbocycles. The molecule has 0 spiro atoms. The van der Waals surface area contributed by atoms with Gasteiger partial charge in [-0.3, -0.25) is 9.78 Å². The molecule has 1 N–H and O–H groups in total. The summed E-state index contributed by atoms with van der Waals surface area (Å²) in [7, 11) is 1.75. The summed E-state index contributed by atoms with van der Waals surface area (Å²) in [6.45, 7) is 4.51. The molecular weight excluding hydrogens is 432 g/mol. The van der Waals surface area contributed by atoms with Crippen LogP contribution in [0, 0.1) is 19.8 Å². The molecule has 0 saturated heterocycles. The van der Waals surface area contributed by atoms with Crippen LogP contribution in [0.4, 0.5) is 0 Å². The number of ether oxygens (including phenoxy) is 1. The van der Waals surface area contributed by atoms with E-state index >= 15 is 0 Å². The van der Waals surface area contributed by atoms with Crippen LogP contribution in [0.25, 0.3) is 22.5 Å². The van der Waals surface area contributed by atoms with Crippen LogP contribution in [0.3, 0.4) is 0 Å². The number of carbonyl (C=O) groups is 1. The first-order valence-corrected chi connectivity index (χ1v) is 11.0. The van der Waals surface area contributed by atoms with E-state index in [4.69, 9.17) is 9.84 Å². The van der Waals surface area contributed by atoms with Gasteiger partial charge in [0.25, 0.3) is 0 Å². The highest BCUT2D eigenvalue weighted by atomic mass is 16.5. The Morgan fingerprint density at radius 1 is 1.12 bits per heavy atom. The zero-order valence-corrected chi connectivity index (χ0v) is 19.1. The standard InChI is InChI=1S/C25H24N6O3/c1-14-7-18(24-28-30-31(3)29-24)8-15(2)23(14)17-6-4-5-16(9-17)13-34-22-12-26-21(11-27-22)19-10-20(19)25(32)33/h4-9,11-12,19-20H,10,13H2,1-3H3,(H,32,33)/t19-,20-/m0/s1. The second-order valence-corrected chi connectivity index (χ2v) is 8.64. The zero-order valence-electron chi connectivity index (χ0n) is 19.1. The Morgan fingerprint density at radius 3 is 2.53 bits per heavy atom. The quantitative estimate of drug-likeness (QED) is 0.447. The van der Waals surface area contributed by atoms with Crippen molar-refractivity contribution in [3.05, 3.63) is 71.2 Å². The van der Waals surface area contributed by atoms with E-state index < -0.39 is 5.97 Å². The largest absolute Gasteiger partial charge is 0.481 e. The minimum atomic E-state index is -0.780. The lowest BCUT2D eigenvalue weighted by atomic mass is 9.92. The summed E-state index contributed by atoms with van der Waals surface area (Å²) in [5.74, 6) is -0.151. The third-order valence-corrected chi connectivity index (χ3v) is 6.04. The maximum absolute atomic E-state index is 11.0. The molecule has 2 atom stereocenters. The molecule has 0 unspecified atom stereocenters. The number of benzene rings is 2. The highest BCUT2D eigenvalue weighted by Crippen LogP contribution is 2.46. The van der Waals surface area contributed by atoms with E-state index in [0.717, 1.165) is 33.4 Å². The molecular formula is C25H24N6O3. The van der Waals surface area contributed by atoms with Gasteiger partial charge in [0.1, 0.15) is 6.61 Å². The minimum absolute atomic E-state index is 0.0432. The lowest BCUT2D eigenvalue weighted by Crippen LogP contribution is -2.02. The Hall–Kier alpha value is -4.14. The molecule has 34 heavy (non-hydrogen) atoms. The number of aromatic nitrogens is 6. The number of aryl methyl sites for hydroxylation is 3. The van der Waals surface area contributed by atoms with Crippen LogP contribution < -0.4 is 4.74 Å². The van der Waals surface area contributed by atoms with Crippen LogP contribution in [-0.2, 0) is 18.4 Å². The van der Waals surface area contributed by atoms with Crippen molar-refractivity contribution in [3.63, 3.8) is 0 Å². The number of carboxylic acids is 1. The van der Waals surface area contributed by atoms with Gasteiger partial charge in [0.15, 0.2) is 0 Å². The van der Waals surface area contributed by atoms with E-state index in [1.54, 1.807) is 19.4 Å². The maximum atomic E-state index is 11.0. The highest BCUT2D eigenvalue weighted by molar-refractivity contribution is 5.75. The van der Waals surface area contributed by atoms with Gasteiger partial charge in [-0.2, -0.15) is 4.80 Å². The van der Waals surface area contributed by atoms with Crippen molar-refractivity contribution in [3.8, 4) is 28.4 Å². The Morgan fingerprint density at radius 2 is 1.91 bits per heavy atom. The summed E-state index contributed by atoms with van der Waals surface area (Å²) in [4.78, 5) is 21.1. The van der Waals surface area contributed by atoms with Gasteiger partial charge >= 0.3 is 5.97 Å². The molecule has 172 valence electrons. The number of tetrazole rings is 1. The highest BCUT2D eigenvalue weighted by Gasteiger charge is 2.45. The fourth-order valence-electron chi connectivity index (χ4n) is 4.31. The van der Waals surface area contributed by atoms with E-state index in [1.165, 1.54) is 4.80 Å². The first-order valence-electron chi connectivity index (χ1n) is 11.0. The average molecular weight is 457 g/mol. The molecule has 4 aromatic rings. The Bertz CT molecular complexity index is 1340. The van der Waals surface area contributed by atoms with Crippen molar-refractivity contribution in [1.82, 2.24) is 30.2 Å². The molecule has 1 fully saturated rings. The third-order valence-electron chi connectivity index (χ3n) is 6.04. The van der Waals surface area contributed by atoms with Gasteiger partial charge in [0.05, 0.1) is 31.1 Å². The van der Waals surface area contributed by atoms with Crippen LogP contribution in [-0.4, -0.2) is 41.3 Å². The van der Waals surface area contributed by atoms with Gasteiger partial charge < -0.3 is 9.84 Å². The molecule has 1 aliphatic rings. The molecule has 5 rings (SSSR count). The van der Waals surface area contributed by atoms with Crippen molar-refractivity contribution in [2.75, 3.05) is 0 Å². The normalized spacial score (nSPS) is 16.9. The number of carboxylic acid groups (broad SMARTS) is 1. The first kappa shape index (κ1) is 21.7. The molecule has 0 bridgehead atoms. The van der Waals surface area contributed by atoms with Gasteiger partial charge in [-0.25, -0.2) is 4.98 Å². The average Bonchev–Trinajstić information content (AvgIpc) is 3.51. The van der Waals surface area contributed by atoms with Crippen molar-refractivity contribution in [2.45, 2.75) is 32.8 Å². The van der Waals surface area contributed by atoms with Gasteiger partial charge in [-0.1, -0.05) is 18.2 Å². The third kappa shape index (κ3) is 4.36. The Balaban J connectivity index is 1.30. The smallest absolute Gasteiger partial charge is 0.307 e. The maximum Gasteiger partial charge on any atom is 0.307 e. The van der Waals surface area contributed by atoms with Crippen molar-refractivity contribution in [2.24, 2.45) is 13.0 Å². The summed E-state index contributed by atoms with van der Waals surface area (Å²) in [6.07, 6.45) is 3.79. The number of hydrogen-bond donors (Lipinski definition) is 1. The Kier molecular flexibility index (Phi) is 5.53. The predicted octanol–water partition coefficient (Wildman–Crippen LogP) is 3.72. The SMILES string of the molecule is Cc1cc(-c2nnn(C)n2)cc(C)c1-c1cccc(COc2cnc([C@H]3C[C@@H]3C(=O)O)cn2)c1. The van der Waals surface area contributed by atoms with Crippen LogP contribution >= 0.6 is 0 Å². The van der Waals surface area contributed by atoms with E-state index in [0.29, 0.717) is 30.4 Å². The number of hydrogen-bond acceptors (Lipinski definition) is 7. The van der Waals surface area contributed by atoms with Gasteiger partial charge in [0.2, 0.25) is 11.7 Å². The fourth-order valence-corrected chi connectivity index (χ4v) is 4.31. The molecule has 0 radical (unpaired) electrons. The Labute approximate surface area is 196 Å². The molecule has 0 amide bonds. The van der Waals surface area contributed by atoms with Crippen LogP contribution in [0.1, 0.15) is 34.7 Å². The molecule has 1 saturated carbocycles. The lowest BCUT2D eigenvalue weighted by molar-refractivity contribution is -0.138. The summed E-state index contributed by atoms with van der Waals surface area (Å²) in [5, 5.41) is 21.4. The van der Waals surface area contributed by atoms with Gasteiger partial charge in [-0.15, -0.1) is 10.2 Å². The van der Waals surface area contributed by atoms with E-state index in [9.17, 15) is 4.79 Å². The second-order valence-electron chi connectivity index (χ2n) is 8.64. The summed E-state index contributed by atoms with van der Waals surface area (Å²) in [6, 6.07) is 12.4. The van der Waals surface area contributed by atoms with Crippen molar-refractivity contribution < 1.29 is 14.6 Å². The van der Waals surface area contributed by atoms with Crippen LogP contribution in [0.5, 0.6) is 5.88 Å². The molecule has 2 aromatic heterocycles. The number of aliphatic carboxylic acids is 1. The van der Waals surface area contributed by atoms with E-state index in [-0.39, 0.29) is 11.8 Å². The number of rotatable bonds is 7. The predicted molar refractivity (Wildman–Crippen MR) is 124 cm³/mol. The summed E-state index contributed by atoms with van der Waals surface area (Å²) < 4.78 is 5.84. The fraction of sp³-hybridized carbons (Fsp3) is 0.280. The van der Waals surface area contributed by atoms with Crippen LogP contribution in [0.2, 0.25) is 0 Å². The minimum Gasteiger partial charge on any atom is -0.481 e. The van der Waals surface area contributed by atoms with Crippen LogP contribution in [0.15, 0.2) is 48.8 Å². The second kappa shape index (κ2) is 8.66. The molecule has 9 nitrogen and oxygen atoms in total. The van der Waals surface area contributed by atoms with Gasteiger partial charge in [0, 0.05) is 11.5 Å². The van der Waals surface area contributed by atoms with Crippen molar-refractivity contribution >= 4 is 5.97 Å². The van der Waals surface area contributed by atoms with E-state index in [2.05, 4.69) is 63.5 Å². The first-order chi connectivity index (χ1) is 16.4. The van der Waals surface area contributed by atoms with E-state index in [1.807, 2.05) is 12.1 Å². The molecule has 9 heteroatoms. The van der Waals surface area contributed by atoms with Crippen molar-refractivity contribution in [1.29, 1.82) is 0 Å². The van der Waals surface area contributed by atoms with Gasteiger partial charge in [-0.05, 0) is 71.5 Å².